The van der Waals surface area contributed by atoms with Gasteiger partial charge in [-0.25, -0.2) is 0 Å². The number of thioether (sulfide) groups is 2. The van der Waals surface area contributed by atoms with Gasteiger partial charge in [-0.15, -0.1) is 23.5 Å². The minimum absolute atomic E-state index is 0.0888. The second kappa shape index (κ2) is 23.9. The van der Waals surface area contributed by atoms with Crippen molar-refractivity contribution in [2.75, 3.05) is 40.5 Å². The lowest BCUT2D eigenvalue weighted by atomic mass is 9.84. The van der Waals surface area contributed by atoms with Gasteiger partial charge in [0.2, 0.25) is 35.4 Å². The molecule has 4 saturated heterocycles. The Balaban J connectivity index is 1.13. The third kappa shape index (κ3) is 12.7. The summed E-state index contributed by atoms with van der Waals surface area (Å²) >= 11 is 3.24. The first kappa shape index (κ1) is 54.3. The number of likely N-dealkylation sites (N-methyl/N-ethyl adjacent to an activating group) is 2. The monoisotopic (exact) mass is 998 g/mol. The average Bonchev–Trinajstić information content (AvgIpc) is 3.67. The third-order valence-electron chi connectivity index (χ3n) is 14.1. The summed E-state index contributed by atoms with van der Waals surface area (Å²) in [5.74, 6) is 8.92. The number of hydrogen-bond donors (Lipinski definition) is 6. The van der Waals surface area contributed by atoms with Crippen molar-refractivity contribution in [3.63, 3.8) is 0 Å². The molecule has 0 aliphatic carbocycles. The second-order valence-corrected chi connectivity index (χ2v) is 22.9. The molecule has 8 N–H and O–H groups in total. The van der Waals surface area contributed by atoms with Crippen molar-refractivity contribution in [3.8, 4) is 23.7 Å². The number of nitrogens with two attached hydrogens (primary N) is 2. The van der Waals surface area contributed by atoms with Gasteiger partial charge in [0, 0.05) is 22.3 Å². The smallest absolute Gasteiger partial charge is 0.246 e. The maximum absolute atomic E-state index is 14.3. The molecule has 0 saturated carbocycles. The van der Waals surface area contributed by atoms with E-state index in [1.54, 1.807) is 61.3 Å². The van der Waals surface area contributed by atoms with E-state index in [1.165, 1.54) is 0 Å². The number of ether oxygens (including phenoxy) is 2. The van der Waals surface area contributed by atoms with E-state index in [0.717, 1.165) is 11.1 Å². The van der Waals surface area contributed by atoms with Crippen LogP contribution in [0.1, 0.15) is 90.2 Å². The van der Waals surface area contributed by atoms with E-state index < -0.39 is 58.9 Å². The zero-order valence-electron chi connectivity index (χ0n) is 41.5. The zero-order valence-corrected chi connectivity index (χ0v) is 43.1. The number of fused-ring (bicyclic) bond motifs is 2. The number of carbonyl (C=O) groups excluding carboxylic acids is 6. The number of amides is 6. The quantitative estimate of drug-likeness (QED) is 0.0937. The summed E-state index contributed by atoms with van der Waals surface area (Å²) < 4.78 is 12.4. The summed E-state index contributed by atoms with van der Waals surface area (Å²) in [4.78, 5) is 84.0. The number of nitrogens with one attached hydrogen (secondary N) is 4. The van der Waals surface area contributed by atoms with Gasteiger partial charge in [-0.1, -0.05) is 100 Å². The van der Waals surface area contributed by atoms with Crippen molar-refractivity contribution in [2.45, 2.75) is 137 Å². The molecule has 4 aliphatic rings. The highest BCUT2D eigenvalue weighted by Gasteiger charge is 2.57. The minimum atomic E-state index is -0.888. The normalized spacial score (nSPS) is 27.4. The molecule has 8 unspecified atom stereocenters. The van der Waals surface area contributed by atoms with Gasteiger partial charge in [-0.3, -0.25) is 28.8 Å². The Kier molecular flexibility index (Phi) is 18.5. The molecule has 6 rings (SSSR count). The van der Waals surface area contributed by atoms with Crippen LogP contribution in [-0.4, -0.2) is 143 Å². The molecule has 4 aliphatic heterocycles. The Morgan fingerprint density at radius 1 is 0.657 bits per heavy atom. The molecule has 4 fully saturated rings. The Bertz CT molecular complexity index is 2170. The second-order valence-electron chi connectivity index (χ2n) is 20.0. The molecule has 2 aromatic carbocycles. The molecule has 6 amide bonds. The molecule has 16 nitrogen and oxygen atoms in total. The number of hydrogen-bond acceptors (Lipinski definition) is 12. The number of rotatable bonds is 18. The molecule has 12 atom stereocenters. The highest BCUT2D eigenvalue weighted by atomic mass is 32.2. The van der Waals surface area contributed by atoms with E-state index in [1.807, 2.05) is 88.4 Å². The molecule has 2 aromatic rings. The SMILES string of the molecule is CN[C@@H](C)C(=O)NC1CC([C@H](COCC#CC#CCOC[C@H](c2ccccc2)C2CC(NC(=O)[C@H](C)NC)C(=O)N3C(CC(C)(C)C3C(N)=O)S2)c2ccccc2)SC2CC(C)(C)C(C(N)=O)N2C1=O. The summed E-state index contributed by atoms with van der Waals surface area (Å²) in [6, 6.07) is 15.3. The predicted octanol–water partition coefficient (Wildman–Crippen LogP) is 2.67. The molecule has 4 heterocycles. The van der Waals surface area contributed by atoms with Crippen molar-refractivity contribution in [1.29, 1.82) is 0 Å². The van der Waals surface area contributed by atoms with Gasteiger partial charge in [0.25, 0.3) is 0 Å². The Morgan fingerprint density at radius 2 is 1.01 bits per heavy atom. The Morgan fingerprint density at radius 3 is 1.34 bits per heavy atom. The zero-order chi connectivity index (χ0) is 50.9. The van der Waals surface area contributed by atoms with Crippen LogP contribution in [0.5, 0.6) is 0 Å². The average molecular weight is 999 g/mol. The topological polar surface area (TPSA) is 228 Å². The van der Waals surface area contributed by atoms with Gasteiger partial charge >= 0.3 is 0 Å². The van der Waals surface area contributed by atoms with E-state index in [9.17, 15) is 28.8 Å². The number of primary amides is 2. The van der Waals surface area contributed by atoms with Crippen LogP contribution >= 0.6 is 23.5 Å². The lowest BCUT2D eigenvalue weighted by Gasteiger charge is -2.32. The molecule has 0 bridgehead atoms. The van der Waals surface area contributed by atoms with Crippen LogP contribution in [0.3, 0.4) is 0 Å². The van der Waals surface area contributed by atoms with Gasteiger partial charge in [0.1, 0.15) is 37.4 Å². The van der Waals surface area contributed by atoms with E-state index >= 15 is 0 Å². The maximum Gasteiger partial charge on any atom is 0.246 e. The molecular weight excluding hydrogens is 929 g/mol. The Hall–Kier alpha value is -5.08. The summed E-state index contributed by atoms with van der Waals surface area (Å²) in [7, 11) is 3.36. The van der Waals surface area contributed by atoms with Gasteiger partial charge in [-0.2, -0.15) is 0 Å². The van der Waals surface area contributed by atoms with Crippen LogP contribution in [0.25, 0.3) is 0 Å². The van der Waals surface area contributed by atoms with Gasteiger partial charge < -0.3 is 52.0 Å². The van der Waals surface area contributed by atoms with Crippen molar-refractivity contribution in [1.82, 2.24) is 31.1 Å². The Labute approximate surface area is 421 Å². The molecule has 0 aromatic heterocycles. The fourth-order valence-corrected chi connectivity index (χ4v) is 14.3. The van der Waals surface area contributed by atoms with Crippen molar-refractivity contribution in [3.05, 3.63) is 71.8 Å². The number of benzene rings is 2. The molecule has 0 spiro atoms. The summed E-state index contributed by atoms with van der Waals surface area (Å²) in [5, 5.41) is 10.8. The lowest BCUT2D eigenvalue weighted by Crippen LogP contribution is -2.57. The predicted molar refractivity (Wildman–Crippen MR) is 272 cm³/mol. The molecular formula is C52H70N8O8S2. The standard InChI is InChI=1S/C52H70N8O8S2/c1-31(55-7)47(63)57-37-25-39(69-41-27-51(3,4)43(45(53)61)59(41)49(37)65)35(33-19-13-11-14-20-33)29-67-23-17-9-10-18-24-68-30-36(34-21-15-12-16-22-34)40-26-38(58-48(64)32(2)56-8)50(66)60-42(70-40)28-52(5,6)44(60)46(54)62/h11-16,19-22,31-32,35-44,55-56H,23-30H2,1-8H3,(H2,53,61)(H2,54,62)(H,57,63)(H,58,64)/t31-,32-,35+,36+,37?,38?,39?,40?,41?,42?,43?,44?/m0/s1. The van der Waals surface area contributed by atoms with Gasteiger partial charge in [0.05, 0.1) is 36.0 Å². The van der Waals surface area contributed by atoms with Gasteiger partial charge in [0.15, 0.2) is 0 Å². The van der Waals surface area contributed by atoms with Crippen LogP contribution in [0.2, 0.25) is 0 Å². The minimum Gasteiger partial charge on any atom is -0.368 e. The lowest BCUT2D eigenvalue weighted by molar-refractivity contribution is -0.142. The molecule has 378 valence electrons. The van der Waals surface area contributed by atoms with E-state index in [4.69, 9.17) is 20.9 Å². The summed E-state index contributed by atoms with van der Waals surface area (Å²) in [6.07, 6.45) is 1.73. The van der Waals surface area contributed by atoms with Crippen LogP contribution in [-0.2, 0) is 38.2 Å². The fraction of sp³-hybridized carbons (Fsp3) is 0.577. The number of nitrogens with zero attached hydrogens (tertiary/aromatic N) is 2. The maximum atomic E-state index is 14.3. The first-order chi connectivity index (χ1) is 33.3. The highest BCUT2D eigenvalue weighted by Crippen LogP contribution is 2.51. The van der Waals surface area contributed by atoms with Crippen LogP contribution < -0.4 is 32.7 Å². The van der Waals surface area contributed by atoms with E-state index in [2.05, 4.69) is 44.9 Å². The fourth-order valence-electron chi connectivity index (χ4n) is 10.2. The van der Waals surface area contributed by atoms with Crippen LogP contribution in [0.15, 0.2) is 60.7 Å². The van der Waals surface area contributed by atoms with Crippen LogP contribution in [0.4, 0.5) is 0 Å². The van der Waals surface area contributed by atoms with Gasteiger partial charge in [-0.05, 0) is 87.4 Å². The summed E-state index contributed by atoms with van der Waals surface area (Å²) in [6.45, 7) is 12.0. The van der Waals surface area contributed by atoms with E-state index in [-0.39, 0.29) is 83.1 Å². The third-order valence-corrected chi connectivity index (χ3v) is 17.3. The summed E-state index contributed by atoms with van der Waals surface area (Å²) in [5.41, 5.74) is 12.8. The van der Waals surface area contributed by atoms with Crippen molar-refractivity contribution < 1.29 is 38.2 Å². The molecule has 0 radical (unpaired) electrons. The van der Waals surface area contributed by atoms with Crippen molar-refractivity contribution >= 4 is 59.0 Å². The first-order valence-corrected chi connectivity index (χ1v) is 25.9. The highest BCUT2D eigenvalue weighted by molar-refractivity contribution is 8.00. The van der Waals surface area contributed by atoms with Crippen molar-refractivity contribution in [2.24, 2.45) is 22.3 Å². The molecule has 70 heavy (non-hydrogen) atoms. The van der Waals surface area contributed by atoms with Crippen LogP contribution in [0, 0.1) is 34.5 Å². The number of carbonyl (C=O) groups is 6. The first-order valence-electron chi connectivity index (χ1n) is 24.0. The van der Waals surface area contributed by atoms with E-state index in [0.29, 0.717) is 25.7 Å². The largest absolute Gasteiger partial charge is 0.368 e. The molecule has 18 heteroatoms.